The van der Waals surface area contributed by atoms with Gasteiger partial charge in [0.15, 0.2) is 0 Å². The van der Waals surface area contributed by atoms with Gasteiger partial charge in [-0.1, -0.05) is 6.07 Å². The van der Waals surface area contributed by atoms with Crippen LogP contribution >= 0.6 is 0 Å². The molecule has 0 bridgehead atoms. The van der Waals surface area contributed by atoms with Crippen LogP contribution in [0.2, 0.25) is 0 Å². The van der Waals surface area contributed by atoms with Crippen LogP contribution in [0.5, 0.6) is 0 Å². The Morgan fingerprint density at radius 3 is 3.14 bits per heavy atom. The van der Waals surface area contributed by atoms with Gasteiger partial charge in [-0.05, 0) is 24.6 Å². The number of aromatic nitrogens is 2. The van der Waals surface area contributed by atoms with Crippen molar-refractivity contribution in [2.75, 3.05) is 0 Å². The molecule has 0 aliphatic heterocycles. The quantitative estimate of drug-likeness (QED) is 0.439. The van der Waals surface area contributed by atoms with Gasteiger partial charge < -0.3 is 5.84 Å². The lowest BCUT2D eigenvalue weighted by atomic mass is 10.2. The molecule has 0 spiro atoms. The van der Waals surface area contributed by atoms with E-state index in [0.29, 0.717) is 0 Å². The number of hydrogen-bond donors (Lipinski definition) is 1. The summed E-state index contributed by atoms with van der Waals surface area (Å²) in [5, 5.41) is 8.86. The van der Waals surface area contributed by atoms with E-state index in [4.69, 9.17) is 5.84 Å². The van der Waals surface area contributed by atoms with Crippen molar-refractivity contribution in [3.05, 3.63) is 30.0 Å². The van der Waals surface area contributed by atoms with Gasteiger partial charge in [-0.2, -0.15) is 10.2 Å². The number of aryl methyl sites for hydroxylation is 1. The average Bonchev–Trinajstić information content (AvgIpc) is 2.60. The molecule has 0 aliphatic carbocycles. The van der Waals surface area contributed by atoms with Crippen molar-refractivity contribution in [3.8, 4) is 0 Å². The van der Waals surface area contributed by atoms with Crippen LogP contribution in [0.4, 0.5) is 0 Å². The lowest BCUT2D eigenvalue weighted by molar-refractivity contribution is 0.684. The number of nitrogens with zero attached hydrogens (tertiary/aromatic N) is 3. The summed E-state index contributed by atoms with van der Waals surface area (Å²) < 4.78 is 1.96. The Labute approximate surface area is 82.0 Å². The molecule has 72 valence electrons. The van der Waals surface area contributed by atoms with Crippen molar-refractivity contribution in [2.24, 2.45) is 10.9 Å². The predicted molar refractivity (Wildman–Crippen MR) is 57.2 cm³/mol. The second-order valence-electron chi connectivity index (χ2n) is 3.06. The molecule has 2 rings (SSSR count). The first-order chi connectivity index (χ1) is 6.85. The molecule has 1 heterocycles. The third-order valence-corrected chi connectivity index (χ3v) is 2.19. The Bertz CT molecular complexity index is 470. The van der Waals surface area contributed by atoms with E-state index in [1.54, 1.807) is 6.21 Å². The van der Waals surface area contributed by atoms with Crippen LogP contribution < -0.4 is 5.84 Å². The van der Waals surface area contributed by atoms with Gasteiger partial charge in [0.05, 0.1) is 17.9 Å². The van der Waals surface area contributed by atoms with E-state index in [1.165, 1.54) is 0 Å². The van der Waals surface area contributed by atoms with Gasteiger partial charge in [-0.25, -0.2) is 0 Å². The van der Waals surface area contributed by atoms with Crippen molar-refractivity contribution in [2.45, 2.75) is 13.5 Å². The molecule has 0 saturated heterocycles. The fraction of sp³-hybridized carbons (Fsp3) is 0.200. The van der Waals surface area contributed by atoms with E-state index in [2.05, 4.69) is 17.1 Å². The Hall–Kier alpha value is -1.84. The first-order valence-electron chi connectivity index (χ1n) is 4.54. The number of hydrazone groups is 1. The third-order valence-electron chi connectivity index (χ3n) is 2.19. The lowest BCUT2D eigenvalue weighted by Crippen LogP contribution is -1.95. The van der Waals surface area contributed by atoms with Crippen LogP contribution in [0.25, 0.3) is 10.9 Å². The number of hydrogen-bond acceptors (Lipinski definition) is 3. The number of benzene rings is 1. The molecule has 0 fully saturated rings. The highest BCUT2D eigenvalue weighted by Gasteiger charge is 2.00. The SMILES string of the molecule is CCn1ncc2cc(C=NN)ccc21. The standard InChI is InChI=1S/C10H12N4/c1-2-14-10-4-3-8(6-12-11)5-9(10)7-13-14/h3-7H,2,11H2,1H3. The van der Waals surface area contributed by atoms with Gasteiger partial charge in [0.2, 0.25) is 0 Å². The van der Waals surface area contributed by atoms with Gasteiger partial charge in [0, 0.05) is 11.9 Å². The molecule has 4 nitrogen and oxygen atoms in total. The van der Waals surface area contributed by atoms with Crippen LogP contribution in [0.15, 0.2) is 29.5 Å². The maximum atomic E-state index is 5.08. The molecule has 2 aromatic rings. The summed E-state index contributed by atoms with van der Waals surface area (Å²) in [6, 6.07) is 6.03. The van der Waals surface area contributed by atoms with Crippen molar-refractivity contribution < 1.29 is 0 Å². The van der Waals surface area contributed by atoms with Gasteiger partial charge in [-0.3, -0.25) is 4.68 Å². The normalized spacial score (nSPS) is 11.5. The second-order valence-corrected chi connectivity index (χ2v) is 3.06. The summed E-state index contributed by atoms with van der Waals surface area (Å²) in [4.78, 5) is 0. The number of rotatable bonds is 2. The van der Waals surface area contributed by atoms with Crippen molar-refractivity contribution in [1.29, 1.82) is 0 Å². The summed E-state index contributed by atoms with van der Waals surface area (Å²) in [7, 11) is 0. The van der Waals surface area contributed by atoms with Gasteiger partial charge in [-0.15, -0.1) is 0 Å². The minimum Gasteiger partial charge on any atom is -0.323 e. The van der Waals surface area contributed by atoms with Gasteiger partial charge >= 0.3 is 0 Å². The zero-order valence-electron chi connectivity index (χ0n) is 8.01. The van der Waals surface area contributed by atoms with Crippen LogP contribution in [0, 0.1) is 0 Å². The van der Waals surface area contributed by atoms with E-state index in [0.717, 1.165) is 23.0 Å². The van der Waals surface area contributed by atoms with Crippen LogP contribution in [-0.4, -0.2) is 16.0 Å². The molecule has 0 atom stereocenters. The summed E-state index contributed by atoms with van der Waals surface area (Å²) in [6.07, 6.45) is 3.48. The zero-order valence-corrected chi connectivity index (χ0v) is 8.01. The van der Waals surface area contributed by atoms with E-state index in [1.807, 2.05) is 29.1 Å². The molecule has 1 aromatic carbocycles. The van der Waals surface area contributed by atoms with Crippen LogP contribution in [0.1, 0.15) is 12.5 Å². The summed E-state index contributed by atoms with van der Waals surface area (Å²) in [5.41, 5.74) is 2.14. The molecular weight excluding hydrogens is 176 g/mol. The van der Waals surface area contributed by atoms with Crippen molar-refractivity contribution >= 4 is 17.1 Å². The van der Waals surface area contributed by atoms with Crippen molar-refractivity contribution in [3.63, 3.8) is 0 Å². The second kappa shape index (κ2) is 3.49. The summed E-state index contributed by atoms with van der Waals surface area (Å²) in [6.45, 7) is 2.95. The predicted octanol–water partition coefficient (Wildman–Crippen LogP) is 1.35. The van der Waals surface area contributed by atoms with Gasteiger partial charge in [0.1, 0.15) is 0 Å². The summed E-state index contributed by atoms with van der Waals surface area (Å²) in [5.74, 6) is 5.08. The Morgan fingerprint density at radius 1 is 1.57 bits per heavy atom. The maximum absolute atomic E-state index is 5.08. The Kier molecular flexibility index (Phi) is 2.18. The minimum absolute atomic E-state index is 0.883. The number of fused-ring (bicyclic) bond motifs is 1. The first kappa shape index (κ1) is 8.74. The fourth-order valence-corrected chi connectivity index (χ4v) is 1.52. The summed E-state index contributed by atoms with van der Waals surface area (Å²) >= 11 is 0. The third kappa shape index (κ3) is 1.35. The first-order valence-corrected chi connectivity index (χ1v) is 4.54. The molecule has 0 aliphatic rings. The smallest absolute Gasteiger partial charge is 0.0682 e. The molecule has 2 N–H and O–H groups in total. The average molecular weight is 188 g/mol. The highest BCUT2D eigenvalue weighted by atomic mass is 15.3. The molecule has 0 saturated carbocycles. The monoisotopic (exact) mass is 188 g/mol. The molecule has 0 unspecified atom stereocenters. The topological polar surface area (TPSA) is 56.2 Å². The van der Waals surface area contributed by atoms with Crippen LogP contribution in [0.3, 0.4) is 0 Å². The number of nitrogens with two attached hydrogens (primary N) is 1. The molecule has 14 heavy (non-hydrogen) atoms. The van der Waals surface area contributed by atoms with Gasteiger partial charge in [0.25, 0.3) is 0 Å². The Morgan fingerprint density at radius 2 is 2.43 bits per heavy atom. The molecule has 0 radical (unpaired) electrons. The van der Waals surface area contributed by atoms with Crippen LogP contribution in [-0.2, 0) is 6.54 Å². The molecular formula is C10H12N4. The molecule has 4 heteroatoms. The largest absolute Gasteiger partial charge is 0.323 e. The highest BCUT2D eigenvalue weighted by molar-refractivity contribution is 5.88. The van der Waals surface area contributed by atoms with Crippen molar-refractivity contribution in [1.82, 2.24) is 9.78 Å². The van der Waals surface area contributed by atoms with E-state index < -0.39 is 0 Å². The van der Waals surface area contributed by atoms with E-state index in [-0.39, 0.29) is 0 Å². The Balaban J connectivity index is 2.57. The van der Waals surface area contributed by atoms with E-state index >= 15 is 0 Å². The zero-order chi connectivity index (χ0) is 9.97. The molecule has 0 amide bonds. The highest BCUT2D eigenvalue weighted by Crippen LogP contribution is 2.14. The van der Waals surface area contributed by atoms with E-state index in [9.17, 15) is 0 Å². The lowest BCUT2D eigenvalue weighted by Gasteiger charge is -1.98. The fourth-order valence-electron chi connectivity index (χ4n) is 1.52. The minimum atomic E-state index is 0.883. The molecule has 1 aromatic heterocycles. The maximum Gasteiger partial charge on any atom is 0.0682 e.